The first-order chi connectivity index (χ1) is 12.1. The molecule has 0 atom stereocenters. The highest BCUT2D eigenvalue weighted by Crippen LogP contribution is 2.38. The van der Waals surface area contributed by atoms with Crippen LogP contribution in [0.4, 0.5) is 0 Å². The van der Waals surface area contributed by atoms with Gasteiger partial charge in [0.1, 0.15) is 5.76 Å². The van der Waals surface area contributed by atoms with Gasteiger partial charge in [-0.15, -0.1) is 0 Å². The summed E-state index contributed by atoms with van der Waals surface area (Å²) in [5.41, 5.74) is 5.07. The van der Waals surface area contributed by atoms with Gasteiger partial charge in [0.05, 0.1) is 12.2 Å². The third-order valence-corrected chi connectivity index (χ3v) is 4.86. The number of fused-ring (bicyclic) bond motifs is 3. The van der Waals surface area contributed by atoms with Crippen LogP contribution in [0.2, 0.25) is 5.02 Å². The van der Waals surface area contributed by atoms with Gasteiger partial charge in [0.25, 0.3) is 5.91 Å². The number of rotatable bonds is 3. The molecule has 0 unspecified atom stereocenters. The quantitative estimate of drug-likeness (QED) is 0.780. The third-order valence-electron chi connectivity index (χ3n) is 4.61. The first-order valence-corrected chi connectivity index (χ1v) is 8.60. The van der Waals surface area contributed by atoms with Crippen molar-refractivity contribution in [1.82, 2.24) is 15.1 Å². The molecule has 0 bridgehead atoms. The molecule has 2 aromatic heterocycles. The van der Waals surface area contributed by atoms with Crippen LogP contribution in [0, 0.1) is 6.92 Å². The number of furan rings is 1. The first-order valence-electron chi connectivity index (χ1n) is 8.22. The van der Waals surface area contributed by atoms with Crippen LogP contribution >= 0.6 is 11.6 Å². The number of carbonyl (C=O) groups is 1. The summed E-state index contributed by atoms with van der Waals surface area (Å²) in [7, 11) is 1.61. The van der Waals surface area contributed by atoms with E-state index >= 15 is 0 Å². The van der Waals surface area contributed by atoms with Gasteiger partial charge in [0.15, 0.2) is 5.76 Å². The average molecular weight is 356 g/mol. The Balaban J connectivity index is 1.71. The van der Waals surface area contributed by atoms with Crippen molar-refractivity contribution in [2.24, 2.45) is 0 Å². The molecule has 5 nitrogen and oxygen atoms in total. The normalized spacial score (nSPS) is 12.6. The zero-order chi connectivity index (χ0) is 17.6. The number of nitrogens with zero attached hydrogens (tertiary/aromatic N) is 2. The first kappa shape index (κ1) is 16.0. The van der Waals surface area contributed by atoms with Crippen molar-refractivity contribution >= 4 is 17.5 Å². The van der Waals surface area contributed by atoms with Crippen LogP contribution in [-0.2, 0) is 19.4 Å². The molecule has 0 saturated carbocycles. The van der Waals surface area contributed by atoms with Gasteiger partial charge in [-0.3, -0.25) is 9.48 Å². The summed E-state index contributed by atoms with van der Waals surface area (Å²) >= 11 is 5.95. The molecule has 1 aliphatic rings. The highest BCUT2D eigenvalue weighted by molar-refractivity contribution is 6.30. The highest BCUT2D eigenvalue weighted by Gasteiger charge is 2.29. The van der Waals surface area contributed by atoms with Crippen LogP contribution in [0.5, 0.6) is 0 Å². The molecule has 1 aliphatic carbocycles. The number of carbonyl (C=O) groups excluding carboxylic acids is 1. The summed E-state index contributed by atoms with van der Waals surface area (Å²) in [6.07, 6.45) is 3.73. The lowest BCUT2D eigenvalue weighted by molar-refractivity contribution is 0.0933. The number of aryl methyl sites for hydroxylation is 2. The number of amides is 1. The molecule has 1 amide bonds. The minimum Gasteiger partial charge on any atom is -0.455 e. The maximum absolute atomic E-state index is 12.0. The van der Waals surface area contributed by atoms with Crippen molar-refractivity contribution in [3.8, 4) is 11.3 Å². The number of hydrogen-bond acceptors (Lipinski definition) is 3. The summed E-state index contributed by atoms with van der Waals surface area (Å²) in [6, 6.07) is 7.77. The van der Waals surface area contributed by atoms with E-state index in [-0.39, 0.29) is 5.91 Å². The van der Waals surface area contributed by atoms with Gasteiger partial charge in [-0.25, -0.2) is 0 Å². The second-order valence-corrected chi connectivity index (χ2v) is 6.70. The van der Waals surface area contributed by atoms with E-state index in [2.05, 4.69) is 11.5 Å². The molecule has 0 saturated heterocycles. The van der Waals surface area contributed by atoms with Crippen LogP contribution in [0.15, 0.2) is 34.9 Å². The molecule has 0 aliphatic heterocycles. The van der Waals surface area contributed by atoms with E-state index in [0.29, 0.717) is 12.3 Å². The van der Waals surface area contributed by atoms with E-state index in [4.69, 9.17) is 21.1 Å². The Morgan fingerprint density at radius 2 is 2.08 bits per heavy atom. The van der Waals surface area contributed by atoms with Gasteiger partial charge in [0, 0.05) is 35.8 Å². The van der Waals surface area contributed by atoms with Crippen molar-refractivity contribution in [2.75, 3.05) is 7.05 Å². The standard InChI is InChI=1S/C19H18ClN3O2/c1-11-16-15(25-18(11)19(24)21-2)8-5-13-10-23(22-17(13)16)9-12-3-6-14(20)7-4-12/h3-4,6-7,10H,5,8-9H2,1-2H3,(H,21,24). The van der Waals surface area contributed by atoms with Crippen molar-refractivity contribution in [1.29, 1.82) is 0 Å². The molecule has 25 heavy (non-hydrogen) atoms. The maximum Gasteiger partial charge on any atom is 0.287 e. The lowest BCUT2D eigenvalue weighted by Crippen LogP contribution is -2.17. The van der Waals surface area contributed by atoms with Gasteiger partial charge in [0.2, 0.25) is 0 Å². The van der Waals surface area contributed by atoms with Crippen LogP contribution in [0.3, 0.4) is 0 Å². The van der Waals surface area contributed by atoms with Gasteiger partial charge in [-0.2, -0.15) is 5.10 Å². The molecule has 1 N–H and O–H groups in total. The van der Waals surface area contributed by atoms with Crippen LogP contribution in [-0.4, -0.2) is 22.7 Å². The number of hydrogen-bond donors (Lipinski definition) is 1. The zero-order valence-electron chi connectivity index (χ0n) is 14.1. The zero-order valence-corrected chi connectivity index (χ0v) is 14.9. The SMILES string of the molecule is CNC(=O)c1oc2c(c1C)-c1nn(Cc3ccc(Cl)cc3)cc1CC2. The molecular formula is C19H18ClN3O2. The molecule has 0 radical (unpaired) electrons. The molecule has 6 heteroatoms. The van der Waals surface area contributed by atoms with E-state index in [1.54, 1.807) is 7.05 Å². The Kier molecular flexibility index (Phi) is 3.88. The lowest BCUT2D eigenvalue weighted by atomic mass is 9.93. The molecule has 0 fully saturated rings. The Labute approximate surface area is 150 Å². The van der Waals surface area contributed by atoms with Crippen molar-refractivity contribution in [2.45, 2.75) is 26.3 Å². The monoisotopic (exact) mass is 355 g/mol. The van der Waals surface area contributed by atoms with Gasteiger partial charge < -0.3 is 9.73 Å². The largest absolute Gasteiger partial charge is 0.455 e. The predicted octanol–water partition coefficient (Wildman–Crippen LogP) is 3.61. The maximum atomic E-state index is 12.0. The van der Waals surface area contributed by atoms with Crippen LogP contribution in [0.1, 0.15) is 33.0 Å². The Morgan fingerprint density at radius 3 is 2.80 bits per heavy atom. The van der Waals surface area contributed by atoms with Crippen LogP contribution < -0.4 is 5.32 Å². The summed E-state index contributed by atoms with van der Waals surface area (Å²) in [4.78, 5) is 12.0. The van der Waals surface area contributed by atoms with E-state index in [9.17, 15) is 4.79 Å². The second kappa shape index (κ2) is 6.08. The molecule has 2 heterocycles. The Morgan fingerprint density at radius 1 is 1.32 bits per heavy atom. The van der Waals surface area contributed by atoms with Gasteiger partial charge in [-0.05, 0) is 36.6 Å². The van der Waals surface area contributed by atoms with Crippen LogP contribution in [0.25, 0.3) is 11.3 Å². The second-order valence-electron chi connectivity index (χ2n) is 6.26. The summed E-state index contributed by atoms with van der Waals surface area (Å²) in [6.45, 7) is 2.60. The van der Waals surface area contributed by atoms with E-state index < -0.39 is 0 Å². The Bertz CT molecular complexity index is 954. The summed E-state index contributed by atoms with van der Waals surface area (Å²) < 4.78 is 7.75. The lowest BCUT2D eigenvalue weighted by Gasteiger charge is -2.09. The smallest absolute Gasteiger partial charge is 0.287 e. The predicted molar refractivity (Wildman–Crippen MR) is 96.0 cm³/mol. The number of aromatic nitrogens is 2. The minimum absolute atomic E-state index is 0.200. The topological polar surface area (TPSA) is 60.1 Å². The average Bonchev–Trinajstić information content (AvgIpc) is 3.16. The van der Waals surface area contributed by atoms with Gasteiger partial charge in [-0.1, -0.05) is 23.7 Å². The Hall–Kier alpha value is -2.53. The molecule has 128 valence electrons. The van der Waals surface area contributed by atoms with Crippen molar-refractivity contribution in [3.05, 3.63) is 63.7 Å². The molecule has 1 aromatic carbocycles. The van der Waals surface area contributed by atoms with E-state index in [1.165, 1.54) is 5.56 Å². The highest BCUT2D eigenvalue weighted by atomic mass is 35.5. The fraction of sp³-hybridized carbons (Fsp3) is 0.263. The number of benzene rings is 1. The molecule has 4 rings (SSSR count). The van der Waals surface area contributed by atoms with E-state index in [1.807, 2.05) is 35.9 Å². The third kappa shape index (κ3) is 2.74. The van der Waals surface area contributed by atoms with E-state index in [0.717, 1.165) is 46.0 Å². The fourth-order valence-electron chi connectivity index (χ4n) is 3.35. The molecular weight excluding hydrogens is 338 g/mol. The van der Waals surface area contributed by atoms with Gasteiger partial charge >= 0.3 is 0 Å². The molecule has 0 spiro atoms. The minimum atomic E-state index is -0.200. The van der Waals surface area contributed by atoms with Crippen molar-refractivity contribution < 1.29 is 9.21 Å². The molecule has 3 aromatic rings. The summed E-state index contributed by atoms with van der Waals surface area (Å²) in [5.74, 6) is 1.03. The fourth-order valence-corrected chi connectivity index (χ4v) is 3.48. The number of nitrogens with one attached hydrogen (secondary N) is 1. The summed E-state index contributed by atoms with van der Waals surface area (Å²) in [5, 5.41) is 8.12. The van der Waals surface area contributed by atoms with Crippen molar-refractivity contribution in [3.63, 3.8) is 0 Å². The number of halogens is 1.